The van der Waals surface area contributed by atoms with Crippen molar-refractivity contribution in [3.05, 3.63) is 0 Å². The molecule has 1 aliphatic heterocycles. The van der Waals surface area contributed by atoms with Crippen molar-refractivity contribution in [3.8, 4) is 0 Å². The van der Waals surface area contributed by atoms with Crippen molar-refractivity contribution in [2.45, 2.75) is 13.3 Å². The Bertz CT molecular complexity index is 299. The molecule has 0 aliphatic carbocycles. The van der Waals surface area contributed by atoms with Crippen LogP contribution >= 0.6 is 11.9 Å². The second-order valence-electron chi connectivity index (χ2n) is 2.69. The first-order valence-electron chi connectivity index (χ1n) is 3.95. The van der Waals surface area contributed by atoms with E-state index in [-0.39, 0.29) is 0 Å². The van der Waals surface area contributed by atoms with Crippen LogP contribution in [0.1, 0.15) is 13.3 Å². The van der Waals surface area contributed by atoms with Gasteiger partial charge in [0.2, 0.25) is 16.0 Å². The number of aliphatic imine (C=N–C) groups is 1. The van der Waals surface area contributed by atoms with Gasteiger partial charge in [-0.2, -0.15) is 0 Å². The third-order valence-electron chi connectivity index (χ3n) is 1.51. The minimum atomic E-state index is -3.18. The summed E-state index contributed by atoms with van der Waals surface area (Å²) in [5, 5.41) is 0. The van der Waals surface area contributed by atoms with Gasteiger partial charge in [0.25, 0.3) is 0 Å². The maximum absolute atomic E-state index is 11.3. The van der Waals surface area contributed by atoms with Crippen molar-refractivity contribution in [2.24, 2.45) is 4.99 Å². The van der Waals surface area contributed by atoms with Crippen LogP contribution in [0.25, 0.3) is 0 Å². The molecule has 0 fully saturated rings. The lowest BCUT2D eigenvalue weighted by Crippen LogP contribution is -2.40. The molecule has 13 heavy (non-hydrogen) atoms. The van der Waals surface area contributed by atoms with E-state index in [1.807, 2.05) is 6.92 Å². The number of nitrogens with one attached hydrogen (secondary N) is 1. The molecule has 0 aromatic rings. The standard InChI is InChI=1S/C6H13N3O2S2/c1-3-4-9(13(2,10)11)6-7-5-12-8-6/h3-5H2,1-2H3,(H,7,8). The molecule has 1 aliphatic rings. The van der Waals surface area contributed by atoms with E-state index in [0.717, 1.165) is 6.42 Å². The lowest BCUT2D eigenvalue weighted by Gasteiger charge is -2.20. The molecule has 0 aromatic heterocycles. The summed E-state index contributed by atoms with van der Waals surface area (Å²) in [7, 11) is -3.18. The Balaban J connectivity index is 2.79. The van der Waals surface area contributed by atoms with Crippen LogP contribution < -0.4 is 4.72 Å². The van der Waals surface area contributed by atoms with Crippen LogP contribution in [0.2, 0.25) is 0 Å². The van der Waals surface area contributed by atoms with Crippen LogP contribution in [0, 0.1) is 0 Å². The quantitative estimate of drug-likeness (QED) is 0.695. The molecule has 5 nitrogen and oxygen atoms in total. The lowest BCUT2D eigenvalue weighted by atomic mass is 10.5. The highest BCUT2D eigenvalue weighted by molar-refractivity contribution is 7.98. The molecular weight excluding hydrogens is 210 g/mol. The van der Waals surface area contributed by atoms with E-state index in [1.165, 1.54) is 22.5 Å². The first-order chi connectivity index (χ1) is 6.05. The number of guanidine groups is 1. The Hall–Kier alpha value is -0.430. The fraction of sp³-hybridized carbons (Fsp3) is 0.833. The van der Waals surface area contributed by atoms with Gasteiger partial charge in [0.15, 0.2) is 0 Å². The normalized spacial score (nSPS) is 16.6. The molecule has 0 radical (unpaired) electrons. The van der Waals surface area contributed by atoms with E-state index < -0.39 is 10.0 Å². The van der Waals surface area contributed by atoms with Gasteiger partial charge in [0, 0.05) is 6.54 Å². The molecule has 0 bridgehead atoms. The zero-order chi connectivity index (χ0) is 9.90. The maximum atomic E-state index is 11.3. The summed E-state index contributed by atoms with van der Waals surface area (Å²) in [6, 6.07) is 0. The van der Waals surface area contributed by atoms with Crippen molar-refractivity contribution in [3.63, 3.8) is 0 Å². The maximum Gasteiger partial charge on any atom is 0.234 e. The molecule has 0 unspecified atom stereocenters. The highest BCUT2D eigenvalue weighted by Gasteiger charge is 2.22. The van der Waals surface area contributed by atoms with Crippen LogP contribution in [0.4, 0.5) is 0 Å². The number of hydrogen-bond acceptors (Lipinski definition) is 5. The average Bonchev–Trinajstić information content (AvgIpc) is 2.49. The summed E-state index contributed by atoms with van der Waals surface area (Å²) in [5.74, 6) is 1.03. The summed E-state index contributed by atoms with van der Waals surface area (Å²) >= 11 is 1.39. The first kappa shape index (κ1) is 10.6. The van der Waals surface area contributed by atoms with Gasteiger partial charge in [-0.15, -0.1) is 0 Å². The fourth-order valence-corrected chi connectivity index (χ4v) is 2.53. The van der Waals surface area contributed by atoms with E-state index >= 15 is 0 Å². The van der Waals surface area contributed by atoms with Crippen LogP contribution in [0.15, 0.2) is 4.99 Å². The van der Waals surface area contributed by atoms with Crippen LogP contribution in [-0.4, -0.2) is 37.4 Å². The van der Waals surface area contributed by atoms with Gasteiger partial charge in [-0.05, 0) is 18.4 Å². The van der Waals surface area contributed by atoms with Gasteiger partial charge in [0.05, 0.1) is 6.26 Å². The highest BCUT2D eigenvalue weighted by Crippen LogP contribution is 2.09. The minimum Gasteiger partial charge on any atom is -0.298 e. The van der Waals surface area contributed by atoms with Gasteiger partial charge in [-0.3, -0.25) is 4.72 Å². The number of sulfonamides is 1. The van der Waals surface area contributed by atoms with Crippen LogP contribution in [-0.2, 0) is 10.0 Å². The van der Waals surface area contributed by atoms with Gasteiger partial charge in [-0.1, -0.05) is 6.92 Å². The molecular formula is C6H13N3O2S2. The topological polar surface area (TPSA) is 61.8 Å². The zero-order valence-corrected chi connectivity index (χ0v) is 9.28. The average molecular weight is 223 g/mol. The predicted octanol–water partition coefficient (Wildman–Crippen LogP) is 0.223. The molecule has 1 rings (SSSR count). The summed E-state index contributed by atoms with van der Waals surface area (Å²) in [5.41, 5.74) is 0. The smallest absolute Gasteiger partial charge is 0.234 e. The first-order valence-corrected chi connectivity index (χ1v) is 6.79. The molecule has 0 amide bonds. The molecule has 1 N–H and O–H groups in total. The SMILES string of the molecule is CCCN(C1=NCSN1)S(C)(=O)=O. The monoisotopic (exact) mass is 223 g/mol. The van der Waals surface area contributed by atoms with E-state index in [2.05, 4.69) is 9.71 Å². The molecule has 76 valence electrons. The number of hydrogen-bond donors (Lipinski definition) is 1. The van der Waals surface area contributed by atoms with Crippen molar-refractivity contribution in [2.75, 3.05) is 18.7 Å². The van der Waals surface area contributed by atoms with Crippen molar-refractivity contribution in [1.82, 2.24) is 9.03 Å². The Morgan fingerprint density at radius 3 is 2.77 bits per heavy atom. The Morgan fingerprint density at radius 1 is 1.69 bits per heavy atom. The van der Waals surface area contributed by atoms with Gasteiger partial charge in [0.1, 0.15) is 5.88 Å². The zero-order valence-electron chi connectivity index (χ0n) is 7.65. The number of rotatable bonds is 3. The van der Waals surface area contributed by atoms with E-state index in [4.69, 9.17) is 0 Å². The minimum absolute atomic E-state index is 0.453. The Labute approximate surface area is 82.8 Å². The predicted molar refractivity (Wildman–Crippen MR) is 54.9 cm³/mol. The van der Waals surface area contributed by atoms with Gasteiger partial charge >= 0.3 is 0 Å². The van der Waals surface area contributed by atoms with Crippen molar-refractivity contribution in [1.29, 1.82) is 0 Å². The fourth-order valence-electron chi connectivity index (χ4n) is 0.984. The molecule has 7 heteroatoms. The Kier molecular flexibility index (Phi) is 3.43. The Morgan fingerprint density at radius 2 is 2.38 bits per heavy atom. The summed E-state index contributed by atoms with van der Waals surface area (Å²) in [4.78, 5) is 4.04. The third kappa shape index (κ3) is 2.77. The summed E-state index contributed by atoms with van der Waals surface area (Å²) in [6.45, 7) is 2.41. The van der Waals surface area contributed by atoms with E-state index in [9.17, 15) is 8.42 Å². The highest BCUT2D eigenvalue weighted by atomic mass is 32.2. The van der Waals surface area contributed by atoms with E-state index in [1.54, 1.807) is 0 Å². The molecule has 0 saturated heterocycles. The van der Waals surface area contributed by atoms with Crippen LogP contribution in [0.5, 0.6) is 0 Å². The molecule has 0 atom stereocenters. The largest absolute Gasteiger partial charge is 0.298 e. The van der Waals surface area contributed by atoms with Crippen molar-refractivity contribution >= 4 is 27.9 Å². The van der Waals surface area contributed by atoms with Gasteiger partial charge < -0.3 is 0 Å². The third-order valence-corrected chi connectivity index (χ3v) is 3.25. The van der Waals surface area contributed by atoms with Gasteiger partial charge in [-0.25, -0.2) is 17.7 Å². The second-order valence-corrected chi connectivity index (χ2v) is 5.35. The van der Waals surface area contributed by atoms with Crippen molar-refractivity contribution < 1.29 is 8.42 Å². The second kappa shape index (κ2) is 4.19. The molecule has 0 aromatic carbocycles. The van der Waals surface area contributed by atoms with E-state index in [0.29, 0.717) is 18.4 Å². The lowest BCUT2D eigenvalue weighted by molar-refractivity contribution is 0.520. The summed E-state index contributed by atoms with van der Waals surface area (Å²) in [6.07, 6.45) is 1.97. The van der Waals surface area contributed by atoms with Crippen LogP contribution in [0.3, 0.4) is 0 Å². The molecule has 0 saturated carbocycles. The number of nitrogens with zero attached hydrogens (tertiary/aromatic N) is 2. The molecule has 0 spiro atoms. The molecule has 1 heterocycles. The summed E-state index contributed by atoms with van der Waals surface area (Å²) < 4.78 is 26.8.